The summed E-state index contributed by atoms with van der Waals surface area (Å²) in [4.78, 5) is 4.21. The summed E-state index contributed by atoms with van der Waals surface area (Å²) in [6, 6.07) is 3.70. The van der Waals surface area contributed by atoms with Gasteiger partial charge in [0.1, 0.15) is 5.76 Å². The molecule has 0 saturated carbocycles. The zero-order valence-corrected chi connectivity index (χ0v) is 10.2. The van der Waals surface area contributed by atoms with Crippen molar-refractivity contribution in [1.82, 2.24) is 10.4 Å². The van der Waals surface area contributed by atoms with Gasteiger partial charge in [-0.15, -0.1) is 11.3 Å². The Labute approximate surface area is 99.6 Å². The number of rotatable bonds is 4. The Hall–Kier alpha value is -0.690. The van der Waals surface area contributed by atoms with Crippen LogP contribution in [-0.2, 0) is 6.42 Å². The molecule has 0 saturated heterocycles. The zero-order valence-electron chi connectivity index (χ0n) is 7.81. The first-order valence-electron chi connectivity index (χ1n) is 4.39. The Morgan fingerprint density at radius 2 is 2.47 bits per heavy atom. The van der Waals surface area contributed by atoms with Crippen molar-refractivity contribution in [3.63, 3.8) is 0 Å². The van der Waals surface area contributed by atoms with Crippen LogP contribution >= 0.6 is 27.3 Å². The number of hydrogen-bond acceptors (Lipinski definition) is 5. The standard InChI is InChI=1S/C9H10BrN3OS/c10-8-2-1-7(14-8)6(13-11)5-9-12-3-4-15-9/h1-4,6,13H,5,11H2. The van der Waals surface area contributed by atoms with Crippen LogP contribution in [-0.4, -0.2) is 4.98 Å². The minimum absolute atomic E-state index is 0.0394. The fourth-order valence-corrected chi connectivity index (χ4v) is 2.27. The van der Waals surface area contributed by atoms with E-state index in [2.05, 4.69) is 26.3 Å². The molecule has 0 aliphatic carbocycles. The van der Waals surface area contributed by atoms with Crippen LogP contribution in [0.3, 0.4) is 0 Å². The molecule has 15 heavy (non-hydrogen) atoms. The number of nitrogens with two attached hydrogens (primary N) is 1. The van der Waals surface area contributed by atoms with Crippen LogP contribution in [0.25, 0.3) is 0 Å². The van der Waals surface area contributed by atoms with Crippen LogP contribution < -0.4 is 11.3 Å². The smallest absolute Gasteiger partial charge is 0.169 e. The predicted octanol–water partition coefficient (Wildman–Crippen LogP) is 2.25. The maximum atomic E-state index is 5.48. The molecule has 0 spiro atoms. The van der Waals surface area contributed by atoms with Gasteiger partial charge in [0.15, 0.2) is 4.67 Å². The molecule has 0 bridgehead atoms. The monoisotopic (exact) mass is 287 g/mol. The van der Waals surface area contributed by atoms with Crippen molar-refractivity contribution in [3.8, 4) is 0 Å². The SMILES string of the molecule is NNC(Cc1nccs1)c1ccc(Br)o1. The highest BCUT2D eigenvalue weighted by Crippen LogP contribution is 2.23. The van der Waals surface area contributed by atoms with E-state index < -0.39 is 0 Å². The zero-order chi connectivity index (χ0) is 10.7. The summed E-state index contributed by atoms with van der Waals surface area (Å²) in [5.41, 5.74) is 2.72. The third kappa shape index (κ3) is 2.66. The molecule has 2 aromatic rings. The van der Waals surface area contributed by atoms with Crippen molar-refractivity contribution in [2.45, 2.75) is 12.5 Å². The first-order valence-corrected chi connectivity index (χ1v) is 6.06. The number of hydrazine groups is 1. The minimum atomic E-state index is -0.0394. The van der Waals surface area contributed by atoms with E-state index in [1.54, 1.807) is 17.5 Å². The molecule has 0 amide bonds. The van der Waals surface area contributed by atoms with Crippen LogP contribution in [0.2, 0.25) is 0 Å². The van der Waals surface area contributed by atoms with Crippen molar-refractivity contribution in [2.24, 2.45) is 5.84 Å². The summed E-state index contributed by atoms with van der Waals surface area (Å²) in [6.07, 6.45) is 2.51. The maximum absolute atomic E-state index is 5.48. The summed E-state index contributed by atoms with van der Waals surface area (Å²) in [6.45, 7) is 0. The number of hydrogen-bond donors (Lipinski definition) is 2. The van der Waals surface area contributed by atoms with Gasteiger partial charge in [0.25, 0.3) is 0 Å². The second-order valence-electron chi connectivity index (χ2n) is 2.99. The maximum Gasteiger partial charge on any atom is 0.169 e. The Bertz CT molecular complexity index is 415. The molecular formula is C9H10BrN3OS. The topological polar surface area (TPSA) is 64.1 Å². The van der Waals surface area contributed by atoms with Gasteiger partial charge in [-0.3, -0.25) is 5.84 Å². The average Bonchev–Trinajstić information content (AvgIpc) is 2.85. The Kier molecular flexibility index (Phi) is 3.53. The van der Waals surface area contributed by atoms with Crippen LogP contribution in [0, 0.1) is 0 Å². The molecule has 2 rings (SSSR count). The van der Waals surface area contributed by atoms with E-state index in [0.717, 1.165) is 17.2 Å². The lowest BCUT2D eigenvalue weighted by atomic mass is 10.2. The molecule has 3 N–H and O–H groups in total. The van der Waals surface area contributed by atoms with E-state index in [-0.39, 0.29) is 6.04 Å². The van der Waals surface area contributed by atoms with Crippen molar-refractivity contribution < 1.29 is 4.42 Å². The molecule has 2 heterocycles. The summed E-state index contributed by atoms with van der Waals surface area (Å²) >= 11 is 4.87. The van der Waals surface area contributed by atoms with Crippen molar-refractivity contribution in [3.05, 3.63) is 39.1 Å². The summed E-state index contributed by atoms with van der Waals surface area (Å²) in [5, 5.41) is 2.98. The molecular weight excluding hydrogens is 278 g/mol. The lowest BCUT2D eigenvalue weighted by Gasteiger charge is -2.10. The number of nitrogens with one attached hydrogen (secondary N) is 1. The molecule has 0 aromatic carbocycles. The molecule has 0 fully saturated rings. The summed E-state index contributed by atoms with van der Waals surface area (Å²) in [7, 11) is 0. The van der Waals surface area contributed by atoms with E-state index in [9.17, 15) is 0 Å². The number of thiazole rings is 1. The lowest BCUT2D eigenvalue weighted by Crippen LogP contribution is -2.29. The molecule has 1 unspecified atom stereocenters. The van der Waals surface area contributed by atoms with Gasteiger partial charge < -0.3 is 4.42 Å². The molecule has 0 radical (unpaired) electrons. The number of halogens is 1. The number of nitrogens with zero attached hydrogens (tertiary/aromatic N) is 1. The first kappa shape index (κ1) is 10.8. The Morgan fingerprint density at radius 1 is 1.60 bits per heavy atom. The second-order valence-corrected chi connectivity index (χ2v) is 4.75. The fraction of sp³-hybridized carbons (Fsp3) is 0.222. The van der Waals surface area contributed by atoms with Crippen LogP contribution in [0.15, 0.2) is 32.8 Å². The molecule has 0 aliphatic rings. The van der Waals surface area contributed by atoms with Gasteiger partial charge in [0.05, 0.1) is 11.0 Å². The third-order valence-electron chi connectivity index (χ3n) is 2.00. The van der Waals surface area contributed by atoms with Gasteiger partial charge >= 0.3 is 0 Å². The molecule has 1 atom stereocenters. The highest BCUT2D eigenvalue weighted by molar-refractivity contribution is 9.10. The van der Waals surface area contributed by atoms with Crippen LogP contribution in [0.5, 0.6) is 0 Å². The average molecular weight is 288 g/mol. The van der Waals surface area contributed by atoms with Crippen LogP contribution in [0.4, 0.5) is 0 Å². The van der Waals surface area contributed by atoms with E-state index in [0.29, 0.717) is 4.67 Å². The van der Waals surface area contributed by atoms with Gasteiger partial charge in [-0.05, 0) is 28.1 Å². The van der Waals surface area contributed by atoms with E-state index in [1.165, 1.54) is 0 Å². The van der Waals surface area contributed by atoms with E-state index >= 15 is 0 Å². The normalized spacial score (nSPS) is 12.9. The molecule has 0 aliphatic heterocycles. The summed E-state index contributed by atoms with van der Waals surface area (Å²) in [5.74, 6) is 6.29. The summed E-state index contributed by atoms with van der Waals surface area (Å²) < 4.78 is 6.14. The molecule has 2 aromatic heterocycles. The quantitative estimate of drug-likeness (QED) is 0.669. The van der Waals surface area contributed by atoms with Gasteiger partial charge in [0.2, 0.25) is 0 Å². The van der Waals surface area contributed by atoms with Gasteiger partial charge in [-0.2, -0.15) is 0 Å². The minimum Gasteiger partial charge on any atom is -0.453 e. The van der Waals surface area contributed by atoms with Gasteiger partial charge in [0, 0.05) is 18.0 Å². The predicted molar refractivity (Wildman–Crippen MR) is 62.3 cm³/mol. The Morgan fingerprint density at radius 3 is 3.00 bits per heavy atom. The van der Waals surface area contributed by atoms with Gasteiger partial charge in [-0.25, -0.2) is 10.4 Å². The largest absolute Gasteiger partial charge is 0.453 e. The van der Waals surface area contributed by atoms with Gasteiger partial charge in [-0.1, -0.05) is 0 Å². The van der Waals surface area contributed by atoms with Crippen LogP contribution in [0.1, 0.15) is 16.8 Å². The molecule has 6 heteroatoms. The highest BCUT2D eigenvalue weighted by atomic mass is 79.9. The molecule has 4 nitrogen and oxygen atoms in total. The lowest BCUT2D eigenvalue weighted by molar-refractivity contribution is 0.404. The third-order valence-corrected chi connectivity index (χ3v) is 3.23. The molecule has 80 valence electrons. The fourth-order valence-electron chi connectivity index (χ4n) is 1.29. The first-order chi connectivity index (χ1) is 7.29. The number of furan rings is 1. The Balaban J connectivity index is 2.11. The number of aromatic nitrogens is 1. The van der Waals surface area contributed by atoms with Crippen molar-refractivity contribution in [1.29, 1.82) is 0 Å². The van der Waals surface area contributed by atoms with Crippen molar-refractivity contribution >= 4 is 27.3 Å². The second kappa shape index (κ2) is 4.89. The van der Waals surface area contributed by atoms with E-state index in [4.69, 9.17) is 10.3 Å². The highest BCUT2D eigenvalue weighted by Gasteiger charge is 2.15. The van der Waals surface area contributed by atoms with Crippen molar-refractivity contribution in [2.75, 3.05) is 0 Å². The van der Waals surface area contributed by atoms with E-state index in [1.807, 2.05) is 17.5 Å².